The molecule has 0 aliphatic carbocycles. The molecule has 0 spiro atoms. The molecule has 0 aromatic carbocycles. The molecule has 0 aliphatic heterocycles. The molecular weight excluding hydrogens is 620 g/mol. The average molecular weight is 693 g/mol. The first-order valence-corrected chi connectivity index (χ1v) is 19.7. The summed E-state index contributed by atoms with van der Waals surface area (Å²) in [7, 11) is 0. The van der Waals surface area contributed by atoms with Gasteiger partial charge in [-0.2, -0.15) is 0 Å². The third-order valence-corrected chi connectivity index (χ3v) is 7.92. The minimum atomic E-state index is 0.0791. The molecule has 0 aromatic rings. The number of hydrogen-bond acceptors (Lipinski definition) is 4. The first kappa shape index (κ1) is 46.5. The van der Waals surface area contributed by atoms with Gasteiger partial charge in [0.05, 0.1) is 11.5 Å². The maximum atomic E-state index is 12.1. The van der Waals surface area contributed by atoms with Crippen LogP contribution in [0.4, 0.5) is 0 Å². The van der Waals surface area contributed by atoms with Crippen LogP contribution in [-0.2, 0) is 9.59 Å². The van der Waals surface area contributed by atoms with E-state index in [0.717, 1.165) is 77.0 Å². The van der Waals surface area contributed by atoms with Crippen molar-refractivity contribution in [2.75, 3.05) is 13.1 Å². The molecule has 50 heavy (non-hydrogen) atoms. The molecule has 0 saturated heterocycles. The molecule has 0 aromatic heterocycles. The third-order valence-electron chi connectivity index (χ3n) is 7.92. The fraction of sp³-hybridized carbons (Fsp3) is 0.591. The fourth-order valence-electron chi connectivity index (χ4n) is 4.86. The minimum Gasteiger partial charge on any atom is -0.512 e. The average Bonchev–Trinajstić information content (AvgIpc) is 3.10. The van der Waals surface area contributed by atoms with Crippen LogP contribution in [0.3, 0.4) is 0 Å². The summed E-state index contributed by atoms with van der Waals surface area (Å²) in [6, 6.07) is 0. The Balaban J connectivity index is 3.66. The van der Waals surface area contributed by atoms with Crippen molar-refractivity contribution in [3.05, 3.63) is 96.6 Å². The Kier molecular flexibility index (Phi) is 35.6. The molecule has 0 radical (unpaired) electrons. The Morgan fingerprint density at radius 1 is 0.440 bits per heavy atom. The Labute approximate surface area is 306 Å². The molecule has 282 valence electrons. The molecule has 0 bridgehead atoms. The Hall–Kier alpha value is -3.54. The van der Waals surface area contributed by atoms with Crippen LogP contribution >= 0.6 is 0 Å². The van der Waals surface area contributed by atoms with Crippen LogP contribution in [0.15, 0.2) is 96.6 Å². The van der Waals surface area contributed by atoms with Gasteiger partial charge in [-0.05, 0) is 102 Å². The van der Waals surface area contributed by atoms with Gasteiger partial charge in [0, 0.05) is 38.8 Å². The largest absolute Gasteiger partial charge is 0.512 e. The van der Waals surface area contributed by atoms with Crippen LogP contribution in [0.25, 0.3) is 0 Å². The van der Waals surface area contributed by atoms with E-state index in [1.54, 1.807) is 0 Å². The van der Waals surface area contributed by atoms with Crippen molar-refractivity contribution >= 4 is 11.8 Å². The lowest BCUT2D eigenvalue weighted by Gasteiger charge is -2.06. The van der Waals surface area contributed by atoms with E-state index in [4.69, 9.17) is 0 Å². The molecule has 0 fully saturated rings. The topological polar surface area (TPSA) is 98.7 Å². The van der Waals surface area contributed by atoms with Gasteiger partial charge in [-0.25, -0.2) is 0 Å². The number of nitrogens with one attached hydrogen (secondary N) is 2. The molecule has 0 aliphatic rings. The summed E-state index contributed by atoms with van der Waals surface area (Å²) in [5.74, 6) is 0.980. The molecule has 2 amide bonds. The fourth-order valence-corrected chi connectivity index (χ4v) is 4.86. The smallest absolute Gasteiger partial charge is 0.220 e. The predicted molar refractivity (Wildman–Crippen MR) is 215 cm³/mol. The van der Waals surface area contributed by atoms with Crippen molar-refractivity contribution in [2.24, 2.45) is 0 Å². The SMILES string of the molecule is CCCCC/C=C\C/C=C(/O)C/C=C\C/C=C\CCCC(=O)NCCCCNC(=O)CCC/C=C\C/C=C\C/C(O)=C\C/C=C\CCCCC. The Morgan fingerprint density at radius 2 is 0.800 bits per heavy atom. The summed E-state index contributed by atoms with van der Waals surface area (Å²) >= 11 is 0. The zero-order valence-electron chi connectivity index (χ0n) is 31.8. The number of aliphatic hydroxyl groups is 2. The lowest BCUT2D eigenvalue weighted by molar-refractivity contribution is -0.122. The predicted octanol–water partition coefficient (Wildman–Crippen LogP) is 12.1. The lowest BCUT2D eigenvalue weighted by Crippen LogP contribution is -2.27. The number of amides is 2. The highest BCUT2D eigenvalue weighted by Crippen LogP contribution is 2.06. The molecule has 6 heteroatoms. The number of unbranched alkanes of at least 4 members (excludes halogenated alkanes) is 9. The quantitative estimate of drug-likeness (QED) is 0.0312. The van der Waals surface area contributed by atoms with Gasteiger partial charge < -0.3 is 20.8 Å². The van der Waals surface area contributed by atoms with Crippen molar-refractivity contribution in [2.45, 2.75) is 155 Å². The number of rotatable bonds is 33. The van der Waals surface area contributed by atoms with Crippen LogP contribution in [0, 0.1) is 0 Å². The molecule has 6 nitrogen and oxygen atoms in total. The third kappa shape index (κ3) is 37.3. The minimum absolute atomic E-state index is 0.0791. The van der Waals surface area contributed by atoms with Gasteiger partial charge >= 0.3 is 0 Å². The van der Waals surface area contributed by atoms with Crippen molar-refractivity contribution in [1.82, 2.24) is 10.6 Å². The first-order chi connectivity index (χ1) is 24.5. The zero-order chi connectivity index (χ0) is 36.6. The van der Waals surface area contributed by atoms with E-state index in [1.165, 1.54) is 38.5 Å². The number of carbonyl (C=O) groups excluding carboxylic acids is 2. The van der Waals surface area contributed by atoms with E-state index < -0.39 is 0 Å². The van der Waals surface area contributed by atoms with Crippen molar-refractivity contribution < 1.29 is 19.8 Å². The number of hydrogen-bond donors (Lipinski definition) is 4. The van der Waals surface area contributed by atoms with Gasteiger partial charge in [0.15, 0.2) is 0 Å². The van der Waals surface area contributed by atoms with Crippen molar-refractivity contribution in [1.29, 1.82) is 0 Å². The van der Waals surface area contributed by atoms with Crippen molar-refractivity contribution in [3.8, 4) is 0 Å². The maximum absolute atomic E-state index is 12.1. The molecule has 0 unspecified atom stereocenters. The van der Waals surface area contributed by atoms with Gasteiger partial charge in [-0.15, -0.1) is 0 Å². The van der Waals surface area contributed by atoms with E-state index in [1.807, 2.05) is 24.3 Å². The highest BCUT2D eigenvalue weighted by atomic mass is 16.3. The number of aliphatic hydroxyl groups excluding tert-OH is 2. The first-order valence-electron chi connectivity index (χ1n) is 19.7. The van der Waals surface area contributed by atoms with E-state index in [2.05, 4.69) is 85.2 Å². The molecule has 0 rings (SSSR count). The molecule has 0 atom stereocenters. The summed E-state index contributed by atoms with van der Waals surface area (Å²) < 4.78 is 0. The van der Waals surface area contributed by atoms with E-state index in [-0.39, 0.29) is 11.8 Å². The Morgan fingerprint density at radius 3 is 1.20 bits per heavy atom. The summed E-state index contributed by atoms with van der Waals surface area (Å²) in [6.07, 6.45) is 49.1. The van der Waals surface area contributed by atoms with E-state index in [9.17, 15) is 19.8 Å². The molecular formula is C44H72N2O4. The van der Waals surface area contributed by atoms with Crippen LogP contribution in [-0.4, -0.2) is 35.1 Å². The summed E-state index contributed by atoms with van der Waals surface area (Å²) in [6.45, 7) is 5.69. The summed E-state index contributed by atoms with van der Waals surface area (Å²) in [4.78, 5) is 24.1. The summed E-state index contributed by atoms with van der Waals surface area (Å²) in [5.41, 5.74) is 0. The highest BCUT2D eigenvalue weighted by molar-refractivity contribution is 5.76. The monoisotopic (exact) mass is 693 g/mol. The summed E-state index contributed by atoms with van der Waals surface area (Å²) in [5, 5.41) is 25.8. The maximum Gasteiger partial charge on any atom is 0.220 e. The molecule has 4 N–H and O–H groups in total. The van der Waals surface area contributed by atoms with E-state index >= 15 is 0 Å². The normalized spacial score (nSPS) is 13.0. The van der Waals surface area contributed by atoms with Gasteiger partial charge in [-0.3, -0.25) is 9.59 Å². The van der Waals surface area contributed by atoms with Crippen LogP contribution in [0.2, 0.25) is 0 Å². The second-order valence-electron chi connectivity index (χ2n) is 12.8. The van der Waals surface area contributed by atoms with Gasteiger partial charge in [-0.1, -0.05) is 112 Å². The Bertz CT molecular complexity index is 978. The highest BCUT2D eigenvalue weighted by Gasteiger charge is 2.01. The second-order valence-corrected chi connectivity index (χ2v) is 12.8. The standard InChI is InChI=1S/C44H72N2O4/c1-3-5-7-9-13-19-25-33-41(47)35-27-21-15-11-17-23-29-37-43(49)45-39-31-32-40-46-44(50)38-30-24-18-12-16-22-28-36-42(48)34-26-20-14-10-8-6-4-2/h11-14,17-22,27-28,33-34,47-48H,3-10,15-16,23-26,29-32,35-40H2,1-2H3,(H,45,49)(H,46,50)/b17-11-,18-12-,19-13-,20-14-,27-21-,28-22-,41-33+,42-34+. The van der Waals surface area contributed by atoms with Gasteiger partial charge in [0.2, 0.25) is 11.8 Å². The van der Waals surface area contributed by atoms with Gasteiger partial charge in [0.1, 0.15) is 0 Å². The zero-order valence-corrected chi connectivity index (χ0v) is 31.8. The lowest BCUT2D eigenvalue weighted by atomic mass is 10.2. The van der Waals surface area contributed by atoms with E-state index in [0.29, 0.717) is 50.3 Å². The molecule has 0 heterocycles. The van der Waals surface area contributed by atoms with Gasteiger partial charge in [0.25, 0.3) is 0 Å². The van der Waals surface area contributed by atoms with Crippen molar-refractivity contribution in [3.63, 3.8) is 0 Å². The van der Waals surface area contributed by atoms with Crippen LogP contribution in [0.1, 0.15) is 155 Å². The van der Waals surface area contributed by atoms with Crippen LogP contribution in [0.5, 0.6) is 0 Å². The number of allylic oxidation sites excluding steroid dienone is 14. The number of carbonyl (C=O) groups is 2. The molecule has 0 saturated carbocycles. The second kappa shape index (κ2) is 38.3. The van der Waals surface area contributed by atoms with Crippen LogP contribution < -0.4 is 10.6 Å².